The van der Waals surface area contributed by atoms with Crippen LogP contribution in [-0.2, 0) is 6.61 Å². The van der Waals surface area contributed by atoms with E-state index in [-0.39, 0.29) is 23.5 Å². The van der Waals surface area contributed by atoms with Gasteiger partial charge in [0.15, 0.2) is 0 Å². The van der Waals surface area contributed by atoms with E-state index < -0.39 is 0 Å². The fourth-order valence-corrected chi connectivity index (χ4v) is 1.45. The fraction of sp³-hybridized carbons (Fsp3) is 0.167. The Labute approximate surface area is 109 Å². The molecule has 1 aromatic carbocycles. The Hall–Kier alpha value is -1.85. The highest BCUT2D eigenvalue weighted by Crippen LogP contribution is 2.28. The van der Waals surface area contributed by atoms with Gasteiger partial charge in [0.2, 0.25) is 5.88 Å². The normalized spacial score (nSPS) is 10.2. The molecule has 0 aliphatic carbocycles. The second kappa shape index (κ2) is 5.66. The number of nitrogens with zero attached hydrogens (tertiary/aromatic N) is 2. The monoisotopic (exact) mass is 266 g/mol. The lowest BCUT2D eigenvalue weighted by Gasteiger charge is -2.08. The van der Waals surface area contributed by atoms with Crippen LogP contribution in [0.25, 0.3) is 0 Å². The van der Waals surface area contributed by atoms with Crippen molar-refractivity contribution in [2.45, 2.75) is 6.61 Å². The average molecular weight is 267 g/mol. The first-order valence-electron chi connectivity index (χ1n) is 5.17. The van der Waals surface area contributed by atoms with Crippen LogP contribution in [0.5, 0.6) is 17.6 Å². The molecule has 1 N–H and O–H groups in total. The van der Waals surface area contributed by atoms with Gasteiger partial charge < -0.3 is 14.6 Å². The van der Waals surface area contributed by atoms with E-state index in [0.29, 0.717) is 5.75 Å². The Morgan fingerprint density at radius 3 is 2.94 bits per heavy atom. The van der Waals surface area contributed by atoms with Gasteiger partial charge in [-0.25, -0.2) is 4.98 Å². The van der Waals surface area contributed by atoms with E-state index in [9.17, 15) is 0 Å². The van der Waals surface area contributed by atoms with Gasteiger partial charge in [0.1, 0.15) is 10.8 Å². The molecule has 6 heteroatoms. The zero-order chi connectivity index (χ0) is 13.0. The molecule has 0 fully saturated rings. The van der Waals surface area contributed by atoms with Crippen molar-refractivity contribution in [1.29, 1.82) is 0 Å². The molecule has 2 rings (SSSR count). The molecule has 94 valence electrons. The van der Waals surface area contributed by atoms with E-state index in [4.69, 9.17) is 26.2 Å². The lowest BCUT2D eigenvalue weighted by molar-refractivity contribution is 0.281. The van der Waals surface area contributed by atoms with E-state index >= 15 is 0 Å². The van der Waals surface area contributed by atoms with Crippen molar-refractivity contribution in [2.75, 3.05) is 7.11 Å². The minimum absolute atomic E-state index is 0.0575. The van der Waals surface area contributed by atoms with Crippen LogP contribution >= 0.6 is 11.6 Å². The highest BCUT2D eigenvalue weighted by atomic mass is 35.5. The van der Waals surface area contributed by atoms with E-state index in [1.165, 1.54) is 13.3 Å². The molecule has 0 saturated heterocycles. The van der Waals surface area contributed by atoms with Crippen LogP contribution in [0, 0.1) is 0 Å². The summed E-state index contributed by atoms with van der Waals surface area (Å²) in [6.07, 6.45) is 1.40. The molecule has 0 aliphatic rings. The minimum atomic E-state index is -0.0575. The lowest BCUT2D eigenvalue weighted by atomic mass is 10.2. The maximum absolute atomic E-state index is 9.04. The van der Waals surface area contributed by atoms with Crippen molar-refractivity contribution in [2.24, 2.45) is 0 Å². The molecule has 0 aliphatic heterocycles. The van der Waals surface area contributed by atoms with Gasteiger partial charge in [-0.3, -0.25) is 0 Å². The maximum atomic E-state index is 9.04. The van der Waals surface area contributed by atoms with Gasteiger partial charge in [-0.05, 0) is 17.7 Å². The molecular weight excluding hydrogens is 256 g/mol. The standard InChI is InChI=1S/C12H11ClN2O3/c1-17-12-14-6-10(13)11(15-12)18-9-4-2-3-8(5-9)7-16/h2-6,16H,7H2,1H3. The first-order valence-corrected chi connectivity index (χ1v) is 5.55. The zero-order valence-electron chi connectivity index (χ0n) is 9.63. The Kier molecular flexibility index (Phi) is 3.96. The number of rotatable bonds is 4. The van der Waals surface area contributed by atoms with Gasteiger partial charge in [-0.1, -0.05) is 23.7 Å². The van der Waals surface area contributed by atoms with Gasteiger partial charge in [0.05, 0.1) is 19.9 Å². The van der Waals surface area contributed by atoms with Crippen molar-refractivity contribution in [3.8, 4) is 17.6 Å². The number of methoxy groups -OCH3 is 1. The van der Waals surface area contributed by atoms with E-state index in [1.54, 1.807) is 24.3 Å². The summed E-state index contributed by atoms with van der Waals surface area (Å²) in [6.45, 7) is -0.0575. The van der Waals surface area contributed by atoms with Crippen molar-refractivity contribution in [3.63, 3.8) is 0 Å². The number of aliphatic hydroxyl groups is 1. The van der Waals surface area contributed by atoms with Crippen LogP contribution in [0.15, 0.2) is 30.5 Å². The van der Waals surface area contributed by atoms with Crippen LogP contribution in [0.2, 0.25) is 5.02 Å². The minimum Gasteiger partial charge on any atom is -0.467 e. The van der Waals surface area contributed by atoms with Gasteiger partial charge in [0.25, 0.3) is 0 Å². The maximum Gasteiger partial charge on any atom is 0.319 e. The Morgan fingerprint density at radius 2 is 2.22 bits per heavy atom. The van der Waals surface area contributed by atoms with Crippen molar-refractivity contribution in [1.82, 2.24) is 9.97 Å². The Balaban J connectivity index is 2.27. The van der Waals surface area contributed by atoms with Crippen molar-refractivity contribution >= 4 is 11.6 Å². The molecule has 0 radical (unpaired) electrons. The molecule has 18 heavy (non-hydrogen) atoms. The predicted octanol–water partition coefficient (Wildman–Crippen LogP) is 2.42. The quantitative estimate of drug-likeness (QED) is 0.921. The molecule has 0 amide bonds. The van der Waals surface area contributed by atoms with E-state index in [0.717, 1.165) is 5.56 Å². The SMILES string of the molecule is COc1ncc(Cl)c(Oc2cccc(CO)c2)n1. The summed E-state index contributed by atoms with van der Waals surface area (Å²) in [6, 6.07) is 7.17. The summed E-state index contributed by atoms with van der Waals surface area (Å²) in [5, 5.41) is 9.32. The summed E-state index contributed by atoms with van der Waals surface area (Å²) in [5.74, 6) is 0.739. The molecule has 0 saturated carbocycles. The number of ether oxygens (including phenoxy) is 2. The Bertz CT molecular complexity index is 549. The second-order valence-corrected chi connectivity index (χ2v) is 3.82. The van der Waals surface area contributed by atoms with Gasteiger partial charge in [-0.15, -0.1) is 0 Å². The van der Waals surface area contributed by atoms with Gasteiger partial charge in [-0.2, -0.15) is 4.98 Å². The number of benzene rings is 1. The third-order valence-electron chi connectivity index (χ3n) is 2.17. The van der Waals surface area contributed by atoms with Gasteiger partial charge >= 0.3 is 6.01 Å². The molecule has 2 aromatic rings. The number of halogens is 1. The number of hydrogen-bond acceptors (Lipinski definition) is 5. The topological polar surface area (TPSA) is 64.5 Å². The first kappa shape index (κ1) is 12.6. The third-order valence-corrected chi connectivity index (χ3v) is 2.43. The number of hydrogen-bond donors (Lipinski definition) is 1. The molecule has 0 spiro atoms. The molecule has 0 atom stereocenters. The largest absolute Gasteiger partial charge is 0.467 e. The highest BCUT2D eigenvalue weighted by Gasteiger charge is 2.08. The summed E-state index contributed by atoms with van der Waals surface area (Å²) in [5.41, 5.74) is 0.740. The molecule has 1 aromatic heterocycles. The number of aromatic nitrogens is 2. The molecule has 0 unspecified atom stereocenters. The first-order chi connectivity index (χ1) is 8.72. The highest BCUT2D eigenvalue weighted by molar-refractivity contribution is 6.31. The lowest BCUT2D eigenvalue weighted by Crippen LogP contribution is -1.96. The smallest absolute Gasteiger partial charge is 0.319 e. The van der Waals surface area contributed by atoms with Gasteiger partial charge in [0, 0.05) is 0 Å². The van der Waals surface area contributed by atoms with Crippen LogP contribution in [0.3, 0.4) is 0 Å². The van der Waals surface area contributed by atoms with Crippen LogP contribution < -0.4 is 9.47 Å². The Morgan fingerprint density at radius 1 is 1.39 bits per heavy atom. The third kappa shape index (κ3) is 2.88. The zero-order valence-corrected chi connectivity index (χ0v) is 10.4. The van der Waals surface area contributed by atoms with Crippen molar-refractivity contribution < 1.29 is 14.6 Å². The van der Waals surface area contributed by atoms with E-state index in [1.807, 2.05) is 0 Å². The van der Waals surface area contributed by atoms with Crippen molar-refractivity contribution in [3.05, 3.63) is 41.0 Å². The summed E-state index contributed by atoms with van der Waals surface area (Å²) in [4.78, 5) is 7.84. The second-order valence-electron chi connectivity index (χ2n) is 3.42. The van der Waals surface area contributed by atoms with Crippen LogP contribution in [-0.4, -0.2) is 22.2 Å². The van der Waals surface area contributed by atoms with Crippen LogP contribution in [0.1, 0.15) is 5.56 Å². The summed E-state index contributed by atoms with van der Waals surface area (Å²) in [7, 11) is 1.46. The predicted molar refractivity (Wildman–Crippen MR) is 66.0 cm³/mol. The average Bonchev–Trinajstić information content (AvgIpc) is 2.41. The van der Waals surface area contributed by atoms with E-state index in [2.05, 4.69) is 9.97 Å². The molecule has 5 nitrogen and oxygen atoms in total. The molecular formula is C12H11ClN2O3. The fourth-order valence-electron chi connectivity index (χ4n) is 1.33. The molecule has 1 heterocycles. The van der Waals surface area contributed by atoms with Crippen LogP contribution in [0.4, 0.5) is 0 Å². The summed E-state index contributed by atoms with van der Waals surface area (Å²) < 4.78 is 10.4. The molecule has 0 bridgehead atoms. The summed E-state index contributed by atoms with van der Waals surface area (Å²) >= 11 is 5.92. The number of aliphatic hydroxyl groups excluding tert-OH is 1.